The number of rotatable bonds is 6. The molecule has 0 aliphatic heterocycles. The van der Waals surface area contributed by atoms with Gasteiger partial charge in [0.2, 0.25) is 0 Å². The third-order valence-electron chi connectivity index (χ3n) is 2.71. The van der Waals surface area contributed by atoms with Crippen molar-refractivity contribution in [3.63, 3.8) is 0 Å². The molecule has 0 bridgehead atoms. The summed E-state index contributed by atoms with van der Waals surface area (Å²) in [6.07, 6.45) is 0.982. The second-order valence-corrected chi connectivity index (χ2v) is 5.38. The molecule has 0 atom stereocenters. The van der Waals surface area contributed by atoms with Crippen LogP contribution < -0.4 is 16.6 Å². The van der Waals surface area contributed by atoms with E-state index in [1.165, 1.54) is 5.56 Å². The zero-order valence-electron chi connectivity index (χ0n) is 11.2. The molecule has 0 saturated carbocycles. The number of hydrazine groups is 1. The molecule has 102 valence electrons. The minimum Gasteiger partial charge on any atom is -0.370 e. The Morgan fingerprint density at radius 2 is 2.11 bits per heavy atom. The van der Waals surface area contributed by atoms with Crippen LogP contribution in [0.3, 0.4) is 0 Å². The predicted molar refractivity (Wildman–Crippen MR) is 80.4 cm³/mol. The lowest BCUT2D eigenvalue weighted by molar-refractivity contribution is 0.775. The average Bonchev–Trinajstić information content (AvgIpc) is 2.91. The van der Waals surface area contributed by atoms with Crippen LogP contribution in [-0.2, 0) is 6.42 Å². The highest BCUT2D eigenvalue weighted by Gasteiger charge is 2.07. The molecule has 2 aromatic rings. The summed E-state index contributed by atoms with van der Waals surface area (Å²) >= 11 is 1.72. The Kier molecular flexibility index (Phi) is 4.70. The van der Waals surface area contributed by atoms with Gasteiger partial charge in [-0.1, -0.05) is 13.8 Å². The Bertz CT molecular complexity index is 510. The molecular weight excluding hydrogens is 258 g/mol. The van der Waals surface area contributed by atoms with Gasteiger partial charge in [0.25, 0.3) is 0 Å². The fraction of sp³-hybridized carbons (Fsp3) is 0.385. The fourth-order valence-electron chi connectivity index (χ4n) is 1.66. The van der Waals surface area contributed by atoms with Gasteiger partial charge in [0.1, 0.15) is 17.5 Å². The number of hydrogen-bond acceptors (Lipinski definition) is 6. The Morgan fingerprint density at radius 3 is 2.74 bits per heavy atom. The van der Waals surface area contributed by atoms with Crippen molar-refractivity contribution >= 4 is 23.0 Å². The van der Waals surface area contributed by atoms with Crippen molar-refractivity contribution in [3.8, 4) is 0 Å². The molecule has 2 rings (SSSR count). The van der Waals surface area contributed by atoms with Gasteiger partial charge in [-0.3, -0.25) is 0 Å². The van der Waals surface area contributed by atoms with E-state index in [1.54, 1.807) is 11.3 Å². The smallest absolute Gasteiger partial charge is 0.145 e. The molecule has 0 unspecified atom stereocenters. The second kappa shape index (κ2) is 6.49. The van der Waals surface area contributed by atoms with E-state index in [4.69, 9.17) is 5.84 Å². The van der Waals surface area contributed by atoms with Crippen molar-refractivity contribution in [3.05, 3.63) is 34.3 Å². The van der Waals surface area contributed by atoms with Crippen LogP contribution in [0.25, 0.3) is 0 Å². The van der Waals surface area contributed by atoms with E-state index < -0.39 is 0 Å². The fourth-order valence-corrected chi connectivity index (χ4v) is 2.36. The summed E-state index contributed by atoms with van der Waals surface area (Å²) in [5, 5.41) is 7.56. The molecule has 19 heavy (non-hydrogen) atoms. The zero-order chi connectivity index (χ0) is 13.7. The lowest BCUT2D eigenvalue weighted by Crippen LogP contribution is -2.13. The first kappa shape index (κ1) is 13.8. The summed E-state index contributed by atoms with van der Waals surface area (Å²) < 4.78 is 0. The SMILES string of the molecule is CC(C)c1nc(NN)cc(NCCc2ccsc2)n1. The standard InChI is InChI=1S/C13H19N5S/c1-9(2)13-16-11(7-12(17-13)18-14)15-5-3-10-4-6-19-8-10/h4,6-9H,3,5,14H2,1-2H3,(H2,15,16,17,18). The van der Waals surface area contributed by atoms with Crippen LogP contribution in [0.5, 0.6) is 0 Å². The summed E-state index contributed by atoms with van der Waals surface area (Å²) in [6.45, 7) is 4.96. The van der Waals surface area contributed by atoms with Gasteiger partial charge in [0, 0.05) is 18.5 Å². The van der Waals surface area contributed by atoms with E-state index in [2.05, 4.69) is 51.4 Å². The maximum atomic E-state index is 5.43. The number of anilines is 2. The van der Waals surface area contributed by atoms with Gasteiger partial charge >= 0.3 is 0 Å². The minimum absolute atomic E-state index is 0.269. The van der Waals surface area contributed by atoms with Crippen molar-refractivity contribution in [1.29, 1.82) is 0 Å². The van der Waals surface area contributed by atoms with Gasteiger partial charge in [0.05, 0.1) is 0 Å². The molecule has 0 aliphatic carbocycles. The normalized spacial score (nSPS) is 10.7. The number of thiophene rings is 1. The van der Waals surface area contributed by atoms with E-state index >= 15 is 0 Å². The lowest BCUT2D eigenvalue weighted by Gasteiger charge is -2.11. The first-order chi connectivity index (χ1) is 9.19. The summed E-state index contributed by atoms with van der Waals surface area (Å²) in [5.41, 5.74) is 3.92. The van der Waals surface area contributed by atoms with Gasteiger partial charge in [-0.15, -0.1) is 0 Å². The minimum atomic E-state index is 0.269. The van der Waals surface area contributed by atoms with E-state index in [-0.39, 0.29) is 5.92 Å². The van der Waals surface area contributed by atoms with Crippen molar-refractivity contribution < 1.29 is 0 Å². The third kappa shape index (κ3) is 3.90. The van der Waals surface area contributed by atoms with Crippen LogP contribution in [0.2, 0.25) is 0 Å². The first-order valence-electron chi connectivity index (χ1n) is 6.29. The number of nitrogens with two attached hydrogens (primary N) is 1. The van der Waals surface area contributed by atoms with Gasteiger partial charge in [-0.25, -0.2) is 15.8 Å². The number of nitrogens with one attached hydrogen (secondary N) is 2. The van der Waals surface area contributed by atoms with Gasteiger partial charge < -0.3 is 10.7 Å². The first-order valence-corrected chi connectivity index (χ1v) is 7.24. The highest BCUT2D eigenvalue weighted by molar-refractivity contribution is 7.07. The molecule has 0 aliphatic rings. The van der Waals surface area contributed by atoms with E-state index in [0.717, 1.165) is 24.6 Å². The molecule has 0 fully saturated rings. The topological polar surface area (TPSA) is 75.9 Å². The number of nitrogens with zero attached hydrogens (tertiary/aromatic N) is 2. The summed E-state index contributed by atoms with van der Waals surface area (Å²) in [7, 11) is 0. The predicted octanol–water partition coefficient (Wildman–Crippen LogP) is 2.60. The Labute approximate surface area is 117 Å². The monoisotopic (exact) mass is 277 g/mol. The van der Waals surface area contributed by atoms with Crippen molar-refractivity contribution in [2.75, 3.05) is 17.3 Å². The summed E-state index contributed by atoms with van der Waals surface area (Å²) in [4.78, 5) is 8.81. The molecule has 2 heterocycles. The number of nitrogen functional groups attached to an aromatic ring is 1. The maximum absolute atomic E-state index is 5.43. The molecule has 4 N–H and O–H groups in total. The van der Waals surface area contributed by atoms with Crippen LogP contribution in [0.15, 0.2) is 22.9 Å². The molecule has 0 spiro atoms. The Morgan fingerprint density at radius 1 is 1.32 bits per heavy atom. The molecule has 0 radical (unpaired) electrons. The van der Waals surface area contributed by atoms with Crippen LogP contribution in [0, 0.1) is 0 Å². The van der Waals surface area contributed by atoms with Crippen LogP contribution in [0.1, 0.15) is 31.2 Å². The lowest BCUT2D eigenvalue weighted by atomic mass is 10.2. The quantitative estimate of drug-likeness (QED) is 0.559. The van der Waals surface area contributed by atoms with Gasteiger partial charge in [0.15, 0.2) is 0 Å². The molecule has 0 aromatic carbocycles. The zero-order valence-corrected chi connectivity index (χ0v) is 12.0. The summed E-state index contributed by atoms with van der Waals surface area (Å²) in [6, 6.07) is 3.96. The Hall–Kier alpha value is -1.66. The van der Waals surface area contributed by atoms with E-state index in [0.29, 0.717) is 5.82 Å². The van der Waals surface area contributed by atoms with Crippen LogP contribution in [0.4, 0.5) is 11.6 Å². The van der Waals surface area contributed by atoms with Gasteiger partial charge in [-0.05, 0) is 28.8 Å². The second-order valence-electron chi connectivity index (χ2n) is 4.60. The van der Waals surface area contributed by atoms with Crippen molar-refractivity contribution in [1.82, 2.24) is 9.97 Å². The Balaban J connectivity index is 2.00. The van der Waals surface area contributed by atoms with Crippen LogP contribution >= 0.6 is 11.3 Å². The largest absolute Gasteiger partial charge is 0.370 e. The molecule has 2 aromatic heterocycles. The molecule has 6 heteroatoms. The van der Waals surface area contributed by atoms with Crippen molar-refractivity contribution in [2.45, 2.75) is 26.2 Å². The van der Waals surface area contributed by atoms with Gasteiger partial charge in [-0.2, -0.15) is 11.3 Å². The van der Waals surface area contributed by atoms with E-state index in [1.807, 2.05) is 6.07 Å². The summed E-state index contributed by atoms with van der Waals surface area (Å²) in [5.74, 6) is 7.92. The molecule has 5 nitrogen and oxygen atoms in total. The molecular formula is C13H19N5S. The molecule has 0 saturated heterocycles. The number of aromatic nitrogens is 2. The molecule has 0 amide bonds. The number of hydrogen-bond donors (Lipinski definition) is 3. The highest BCUT2D eigenvalue weighted by atomic mass is 32.1. The maximum Gasteiger partial charge on any atom is 0.145 e. The third-order valence-corrected chi connectivity index (χ3v) is 3.44. The van der Waals surface area contributed by atoms with Crippen LogP contribution in [-0.4, -0.2) is 16.5 Å². The highest BCUT2D eigenvalue weighted by Crippen LogP contribution is 2.16. The van der Waals surface area contributed by atoms with Crippen molar-refractivity contribution in [2.24, 2.45) is 5.84 Å². The average molecular weight is 277 g/mol. The van der Waals surface area contributed by atoms with E-state index in [9.17, 15) is 0 Å².